The van der Waals surface area contributed by atoms with Gasteiger partial charge in [0.15, 0.2) is 0 Å². The SMILES string of the molecule is CC=NCCONC. The lowest BCUT2D eigenvalue weighted by molar-refractivity contribution is 0.0644. The number of nitrogens with zero attached hydrogens (tertiary/aromatic N) is 1. The van der Waals surface area contributed by atoms with E-state index in [0.717, 1.165) is 6.54 Å². The molecule has 3 heteroatoms. The van der Waals surface area contributed by atoms with Crippen LogP contribution in [0.3, 0.4) is 0 Å². The summed E-state index contributed by atoms with van der Waals surface area (Å²) in [5, 5.41) is 0. The number of hydrogen-bond acceptors (Lipinski definition) is 3. The summed E-state index contributed by atoms with van der Waals surface area (Å²) in [6, 6.07) is 0. The van der Waals surface area contributed by atoms with Crippen LogP contribution in [-0.4, -0.2) is 26.4 Å². The number of nitrogens with one attached hydrogen (secondary N) is 1. The second-order valence-corrected chi connectivity index (χ2v) is 1.22. The highest BCUT2D eigenvalue weighted by atomic mass is 16.6. The Morgan fingerprint density at radius 3 is 3.00 bits per heavy atom. The highest BCUT2D eigenvalue weighted by molar-refractivity contribution is 5.53. The normalized spacial score (nSPS) is 10.8. The van der Waals surface area contributed by atoms with E-state index in [4.69, 9.17) is 4.84 Å². The summed E-state index contributed by atoms with van der Waals surface area (Å²) in [6.45, 7) is 3.26. The summed E-state index contributed by atoms with van der Waals surface area (Å²) >= 11 is 0. The van der Waals surface area contributed by atoms with Crippen molar-refractivity contribution in [3.63, 3.8) is 0 Å². The molecule has 0 aromatic heterocycles. The predicted octanol–water partition coefficient (Wildman–Crippen LogP) is 0.228. The van der Waals surface area contributed by atoms with Crippen molar-refractivity contribution in [3.05, 3.63) is 0 Å². The van der Waals surface area contributed by atoms with Crippen LogP contribution < -0.4 is 5.48 Å². The highest BCUT2D eigenvalue weighted by Crippen LogP contribution is 1.67. The molecule has 0 aliphatic rings. The quantitative estimate of drug-likeness (QED) is 0.324. The average molecular weight is 116 g/mol. The molecule has 0 saturated carbocycles. The van der Waals surface area contributed by atoms with Crippen LogP contribution >= 0.6 is 0 Å². The standard InChI is InChI=1S/C5H12N2O/c1-3-7-4-5-8-6-2/h3,6H,4-5H2,1-2H3. The van der Waals surface area contributed by atoms with Crippen LogP contribution in [0, 0.1) is 0 Å². The zero-order chi connectivity index (χ0) is 6.24. The molecule has 0 aliphatic heterocycles. The Balaban J connectivity index is 2.72. The molecule has 0 radical (unpaired) electrons. The van der Waals surface area contributed by atoms with Gasteiger partial charge >= 0.3 is 0 Å². The van der Waals surface area contributed by atoms with E-state index >= 15 is 0 Å². The predicted molar refractivity (Wildman–Crippen MR) is 34.0 cm³/mol. The van der Waals surface area contributed by atoms with Crippen molar-refractivity contribution in [2.45, 2.75) is 6.92 Å². The largest absolute Gasteiger partial charge is 0.300 e. The number of rotatable bonds is 4. The molecule has 0 aromatic carbocycles. The van der Waals surface area contributed by atoms with E-state index in [2.05, 4.69) is 10.5 Å². The molecule has 3 nitrogen and oxygen atoms in total. The Morgan fingerprint density at radius 2 is 2.50 bits per heavy atom. The fourth-order valence-corrected chi connectivity index (χ4v) is 0.330. The maximum Gasteiger partial charge on any atom is 0.0877 e. The first-order valence-corrected chi connectivity index (χ1v) is 2.64. The minimum atomic E-state index is 0.640. The maximum atomic E-state index is 4.77. The first kappa shape index (κ1) is 7.59. The van der Waals surface area contributed by atoms with Gasteiger partial charge in [-0.2, -0.15) is 0 Å². The Bertz CT molecular complexity index is 63.4. The molecular weight excluding hydrogens is 104 g/mol. The molecule has 8 heavy (non-hydrogen) atoms. The van der Waals surface area contributed by atoms with Crippen molar-refractivity contribution in [2.75, 3.05) is 20.2 Å². The summed E-state index contributed by atoms with van der Waals surface area (Å²) in [6.07, 6.45) is 1.76. The van der Waals surface area contributed by atoms with Crippen LogP contribution in [0.25, 0.3) is 0 Å². The van der Waals surface area contributed by atoms with E-state index in [9.17, 15) is 0 Å². The molecule has 0 heterocycles. The molecule has 0 aliphatic carbocycles. The molecule has 0 saturated heterocycles. The van der Waals surface area contributed by atoms with E-state index < -0.39 is 0 Å². The van der Waals surface area contributed by atoms with Gasteiger partial charge in [-0.1, -0.05) is 0 Å². The molecule has 0 spiro atoms. The number of hydroxylamine groups is 1. The van der Waals surface area contributed by atoms with Crippen molar-refractivity contribution in [1.29, 1.82) is 0 Å². The summed E-state index contributed by atoms with van der Waals surface area (Å²) in [7, 11) is 1.73. The summed E-state index contributed by atoms with van der Waals surface area (Å²) < 4.78 is 0. The molecule has 1 N–H and O–H groups in total. The van der Waals surface area contributed by atoms with E-state index in [0.29, 0.717) is 6.61 Å². The first-order valence-electron chi connectivity index (χ1n) is 2.64. The molecule has 0 rings (SSSR count). The van der Waals surface area contributed by atoms with Crippen LogP contribution in [0.4, 0.5) is 0 Å². The molecule has 0 aromatic rings. The minimum absolute atomic E-state index is 0.640. The van der Waals surface area contributed by atoms with Crippen molar-refractivity contribution >= 4 is 6.21 Å². The van der Waals surface area contributed by atoms with Gasteiger partial charge < -0.3 is 4.84 Å². The molecule has 0 atom stereocenters. The molecular formula is C5H12N2O. The third-order valence-electron chi connectivity index (χ3n) is 0.649. The van der Waals surface area contributed by atoms with Crippen LogP contribution in [0.15, 0.2) is 4.99 Å². The van der Waals surface area contributed by atoms with Crippen LogP contribution in [0.5, 0.6) is 0 Å². The average Bonchev–Trinajstić information content (AvgIpc) is 1.81. The van der Waals surface area contributed by atoms with Crippen molar-refractivity contribution in [2.24, 2.45) is 4.99 Å². The van der Waals surface area contributed by atoms with Gasteiger partial charge in [-0.3, -0.25) is 4.99 Å². The molecule has 0 fully saturated rings. The Hall–Kier alpha value is -0.410. The van der Waals surface area contributed by atoms with E-state index in [-0.39, 0.29) is 0 Å². The van der Waals surface area contributed by atoms with Crippen LogP contribution in [0.2, 0.25) is 0 Å². The molecule has 0 bridgehead atoms. The Kier molecular flexibility index (Phi) is 6.25. The van der Waals surface area contributed by atoms with E-state index in [1.807, 2.05) is 6.92 Å². The zero-order valence-corrected chi connectivity index (χ0v) is 5.35. The van der Waals surface area contributed by atoms with E-state index in [1.165, 1.54) is 0 Å². The topological polar surface area (TPSA) is 33.6 Å². The van der Waals surface area contributed by atoms with Gasteiger partial charge in [-0.25, -0.2) is 5.48 Å². The molecule has 0 unspecified atom stereocenters. The van der Waals surface area contributed by atoms with Gasteiger partial charge in [0.05, 0.1) is 13.2 Å². The summed E-state index contributed by atoms with van der Waals surface area (Å²) in [5.41, 5.74) is 2.55. The van der Waals surface area contributed by atoms with Gasteiger partial charge in [-0.15, -0.1) is 0 Å². The lowest BCUT2D eigenvalue weighted by atomic mass is 10.7. The van der Waals surface area contributed by atoms with Crippen molar-refractivity contribution < 1.29 is 4.84 Å². The maximum absolute atomic E-state index is 4.77. The second-order valence-electron chi connectivity index (χ2n) is 1.22. The van der Waals surface area contributed by atoms with Gasteiger partial charge in [0, 0.05) is 7.05 Å². The van der Waals surface area contributed by atoms with Gasteiger partial charge in [0.1, 0.15) is 0 Å². The molecule has 48 valence electrons. The van der Waals surface area contributed by atoms with Crippen molar-refractivity contribution in [1.82, 2.24) is 5.48 Å². The molecule has 0 amide bonds. The Morgan fingerprint density at radius 1 is 1.75 bits per heavy atom. The van der Waals surface area contributed by atoms with Gasteiger partial charge in [-0.05, 0) is 13.1 Å². The lowest BCUT2D eigenvalue weighted by Gasteiger charge is -1.94. The monoisotopic (exact) mass is 116 g/mol. The third-order valence-corrected chi connectivity index (χ3v) is 0.649. The van der Waals surface area contributed by atoms with E-state index in [1.54, 1.807) is 13.3 Å². The minimum Gasteiger partial charge on any atom is -0.300 e. The second kappa shape index (κ2) is 6.59. The highest BCUT2D eigenvalue weighted by Gasteiger charge is 1.76. The zero-order valence-electron chi connectivity index (χ0n) is 5.35. The van der Waals surface area contributed by atoms with Gasteiger partial charge in [0.25, 0.3) is 0 Å². The Labute approximate surface area is 49.7 Å². The summed E-state index contributed by atoms with van der Waals surface area (Å²) in [5.74, 6) is 0. The first-order chi connectivity index (χ1) is 3.91. The van der Waals surface area contributed by atoms with Crippen LogP contribution in [0.1, 0.15) is 6.92 Å². The van der Waals surface area contributed by atoms with Crippen molar-refractivity contribution in [3.8, 4) is 0 Å². The fraction of sp³-hybridized carbons (Fsp3) is 0.800. The summed E-state index contributed by atoms with van der Waals surface area (Å²) in [4.78, 5) is 8.69. The number of hydrogen-bond donors (Lipinski definition) is 1. The fourth-order valence-electron chi connectivity index (χ4n) is 0.330. The third kappa shape index (κ3) is 5.59. The van der Waals surface area contributed by atoms with Crippen LogP contribution in [-0.2, 0) is 4.84 Å². The number of aliphatic imine (C=N–C) groups is 1. The van der Waals surface area contributed by atoms with Gasteiger partial charge in [0.2, 0.25) is 0 Å². The smallest absolute Gasteiger partial charge is 0.0877 e. The lowest BCUT2D eigenvalue weighted by Crippen LogP contribution is -2.09.